The van der Waals surface area contributed by atoms with Crippen molar-refractivity contribution >= 4 is 16.5 Å². The van der Waals surface area contributed by atoms with Gasteiger partial charge in [0.2, 0.25) is 0 Å². The number of rotatable bonds is 8. The van der Waals surface area contributed by atoms with E-state index in [1.807, 2.05) is 25.1 Å². The van der Waals surface area contributed by atoms with Gasteiger partial charge < -0.3 is 11.1 Å². The SMILES string of the molecule is CCNc1nc(-c2c(C)n(Cc3c(F)cccc3F)c(=O)n(C[C@H](N)c3ccccc3)c2=O)cs1. The molecule has 4 aromatic rings. The molecule has 0 fully saturated rings. The lowest BCUT2D eigenvalue weighted by atomic mass is 10.1. The van der Waals surface area contributed by atoms with Crippen LogP contribution in [0, 0.1) is 18.6 Å². The number of benzene rings is 2. The molecule has 182 valence electrons. The summed E-state index contributed by atoms with van der Waals surface area (Å²) in [7, 11) is 0. The second kappa shape index (κ2) is 10.3. The Morgan fingerprint density at radius 2 is 1.74 bits per heavy atom. The second-order valence-electron chi connectivity index (χ2n) is 8.03. The van der Waals surface area contributed by atoms with Crippen molar-refractivity contribution in [3.8, 4) is 11.3 Å². The van der Waals surface area contributed by atoms with E-state index in [0.29, 0.717) is 17.4 Å². The van der Waals surface area contributed by atoms with Crippen LogP contribution in [0.15, 0.2) is 63.5 Å². The highest BCUT2D eigenvalue weighted by Crippen LogP contribution is 2.25. The van der Waals surface area contributed by atoms with Crippen LogP contribution in [0.2, 0.25) is 0 Å². The van der Waals surface area contributed by atoms with Gasteiger partial charge in [-0.1, -0.05) is 36.4 Å². The van der Waals surface area contributed by atoms with Crippen LogP contribution >= 0.6 is 11.3 Å². The molecule has 0 aliphatic rings. The largest absolute Gasteiger partial charge is 0.362 e. The minimum absolute atomic E-state index is 0.112. The normalized spacial score (nSPS) is 12.0. The number of nitrogens with zero attached hydrogens (tertiary/aromatic N) is 3. The lowest BCUT2D eigenvalue weighted by Crippen LogP contribution is -2.44. The second-order valence-corrected chi connectivity index (χ2v) is 8.89. The molecule has 2 aromatic carbocycles. The number of nitrogens with one attached hydrogen (secondary N) is 1. The minimum Gasteiger partial charge on any atom is -0.362 e. The Kier molecular flexibility index (Phi) is 7.23. The maximum atomic E-state index is 14.5. The first kappa shape index (κ1) is 24.5. The van der Waals surface area contributed by atoms with E-state index >= 15 is 0 Å². The summed E-state index contributed by atoms with van der Waals surface area (Å²) in [4.78, 5) is 31.5. The monoisotopic (exact) mass is 497 g/mol. The van der Waals surface area contributed by atoms with Gasteiger partial charge in [0.15, 0.2) is 5.13 Å². The topological polar surface area (TPSA) is 94.9 Å². The van der Waals surface area contributed by atoms with Gasteiger partial charge in [-0.15, -0.1) is 11.3 Å². The van der Waals surface area contributed by atoms with Crippen LogP contribution in [0.1, 0.15) is 29.8 Å². The Labute approximate surface area is 204 Å². The van der Waals surface area contributed by atoms with Crippen LogP contribution in [-0.2, 0) is 13.1 Å². The zero-order valence-electron chi connectivity index (χ0n) is 19.3. The fraction of sp³-hybridized carbons (Fsp3) is 0.240. The molecule has 7 nitrogen and oxygen atoms in total. The fourth-order valence-electron chi connectivity index (χ4n) is 3.91. The Hall–Kier alpha value is -3.63. The molecule has 0 saturated carbocycles. The van der Waals surface area contributed by atoms with E-state index < -0.39 is 28.9 Å². The summed E-state index contributed by atoms with van der Waals surface area (Å²) in [5.41, 5.74) is 6.37. The summed E-state index contributed by atoms with van der Waals surface area (Å²) in [5.74, 6) is -1.56. The van der Waals surface area contributed by atoms with Crippen molar-refractivity contribution in [1.82, 2.24) is 14.1 Å². The van der Waals surface area contributed by atoms with E-state index in [1.165, 1.54) is 22.0 Å². The van der Waals surface area contributed by atoms with Crippen molar-refractivity contribution in [2.24, 2.45) is 5.73 Å². The summed E-state index contributed by atoms with van der Waals surface area (Å²) < 4.78 is 31.1. The molecular weight excluding hydrogens is 472 g/mol. The number of thiazole rings is 1. The molecule has 10 heteroatoms. The van der Waals surface area contributed by atoms with Crippen molar-refractivity contribution in [3.63, 3.8) is 0 Å². The van der Waals surface area contributed by atoms with Crippen molar-refractivity contribution in [1.29, 1.82) is 0 Å². The highest BCUT2D eigenvalue weighted by atomic mass is 32.1. The fourth-order valence-corrected chi connectivity index (χ4v) is 4.68. The van der Waals surface area contributed by atoms with Crippen LogP contribution < -0.4 is 22.3 Å². The lowest BCUT2D eigenvalue weighted by molar-refractivity contribution is 0.493. The molecular formula is C25H25F2N5O2S. The number of hydrogen-bond acceptors (Lipinski definition) is 6. The van der Waals surface area contributed by atoms with Gasteiger partial charge in [-0.25, -0.2) is 18.6 Å². The Morgan fingerprint density at radius 1 is 1.06 bits per heavy atom. The van der Waals surface area contributed by atoms with E-state index in [4.69, 9.17) is 5.73 Å². The molecule has 1 atom stereocenters. The summed E-state index contributed by atoms with van der Waals surface area (Å²) in [5, 5.41) is 5.42. The summed E-state index contributed by atoms with van der Waals surface area (Å²) in [6, 6.07) is 11.9. The van der Waals surface area contributed by atoms with Crippen molar-refractivity contribution in [3.05, 3.63) is 103 Å². The summed E-state index contributed by atoms with van der Waals surface area (Å²) in [6.45, 7) is 3.65. The van der Waals surface area contributed by atoms with Crippen molar-refractivity contribution in [2.45, 2.75) is 33.0 Å². The summed E-state index contributed by atoms with van der Waals surface area (Å²) >= 11 is 1.32. The first-order valence-electron chi connectivity index (χ1n) is 11.1. The zero-order chi connectivity index (χ0) is 25.1. The van der Waals surface area contributed by atoms with Gasteiger partial charge in [0.1, 0.15) is 11.6 Å². The molecule has 0 aliphatic carbocycles. The smallest absolute Gasteiger partial charge is 0.331 e. The quantitative estimate of drug-likeness (QED) is 0.385. The third-order valence-corrected chi connectivity index (χ3v) is 6.56. The predicted octanol–water partition coefficient (Wildman–Crippen LogP) is 3.90. The lowest BCUT2D eigenvalue weighted by Gasteiger charge is -2.19. The average Bonchev–Trinajstić information content (AvgIpc) is 3.30. The van der Waals surface area contributed by atoms with E-state index in [9.17, 15) is 18.4 Å². The van der Waals surface area contributed by atoms with Crippen LogP contribution in [0.3, 0.4) is 0 Å². The van der Waals surface area contributed by atoms with E-state index in [1.54, 1.807) is 24.4 Å². The standard InChI is InChI=1S/C25H25F2N5O2S/c1-3-29-24-30-21(14-35-24)22-15(2)31(12-17-18(26)10-7-11-19(17)27)25(34)32(23(22)33)13-20(28)16-8-5-4-6-9-16/h4-11,14,20H,3,12-13,28H2,1-2H3,(H,29,30)/t20-/m0/s1. The molecule has 2 aromatic heterocycles. The van der Waals surface area contributed by atoms with E-state index in [-0.39, 0.29) is 29.9 Å². The Morgan fingerprint density at radius 3 is 2.40 bits per heavy atom. The van der Waals surface area contributed by atoms with Crippen molar-refractivity contribution in [2.75, 3.05) is 11.9 Å². The number of anilines is 1. The molecule has 0 aliphatic heterocycles. The van der Waals surface area contributed by atoms with Gasteiger partial charge in [0.05, 0.1) is 24.3 Å². The van der Waals surface area contributed by atoms with Gasteiger partial charge in [-0.2, -0.15) is 0 Å². The third kappa shape index (κ3) is 4.94. The molecule has 0 saturated heterocycles. The first-order valence-corrected chi connectivity index (χ1v) is 12.0. The average molecular weight is 498 g/mol. The molecule has 0 bridgehead atoms. The highest BCUT2D eigenvalue weighted by molar-refractivity contribution is 7.14. The maximum absolute atomic E-state index is 14.5. The third-order valence-electron chi connectivity index (χ3n) is 5.76. The van der Waals surface area contributed by atoms with Gasteiger partial charge in [-0.05, 0) is 31.5 Å². The van der Waals surface area contributed by atoms with Crippen LogP contribution in [0.5, 0.6) is 0 Å². The number of aromatic nitrogens is 3. The maximum Gasteiger partial charge on any atom is 0.331 e. The van der Waals surface area contributed by atoms with Gasteiger partial charge in [-0.3, -0.25) is 13.9 Å². The first-order chi connectivity index (χ1) is 16.8. The van der Waals surface area contributed by atoms with Crippen LogP contribution in [0.4, 0.5) is 13.9 Å². The molecule has 35 heavy (non-hydrogen) atoms. The van der Waals surface area contributed by atoms with Gasteiger partial charge >= 0.3 is 5.69 Å². The summed E-state index contributed by atoms with van der Waals surface area (Å²) in [6.07, 6.45) is 0. The molecule has 3 N–H and O–H groups in total. The molecule has 0 radical (unpaired) electrons. The van der Waals surface area contributed by atoms with Crippen LogP contribution in [0.25, 0.3) is 11.3 Å². The minimum atomic E-state index is -0.778. The number of halogens is 2. The van der Waals surface area contributed by atoms with E-state index in [2.05, 4.69) is 10.3 Å². The van der Waals surface area contributed by atoms with Crippen molar-refractivity contribution < 1.29 is 8.78 Å². The Bertz CT molecular complexity index is 1440. The van der Waals surface area contributed by atoms with E-state index in [0.717, 1.165) is 22.3 Å². The Balaban J connectivity index is 1.90. The number of nitrogens with two attached hydrogens (primary N) is 1. The molecule has 0 amide bonds. The zero-order valence-corrected chi connectivity index (χ0v) is 20.1. The number of hydrogen-bond donors (Lipinski definition) is 2. The van der Waals surface area contributed by atoms with Crippen LogP contribution in [-0.4, -0.2) is 20.7 Å². The van der Waals surface area contributed by atoms with Gasteiger partial charge in [0, 0.05) is 29.2 Å². The molecule has 0 unspecified atom stereocenters. The molecule has 0 spiro atoms. The van der Waals surface area contributed by atoms with Gasteiger partial charge in [0.25, 0.3) is 5.56 Å². The molecule has 4 rings (SSSR count). The highest BCUT2D eigenvalue weighted by Gasteiger charge is 2.23. The molecule has 2 heterocycles. The predicted molar refractivity (Wildman–Crippen MR) is 134 cm³/mol.